The summed E-state index contributed by atoms with van der Waals surface area (Å²) < 4.78 is 0. The van der Waals surface area contributed by atoms with E-state index in [0.29, 0.717) is 12.8 Å². The Kier molecular flexibility index (Phi) is 3.72. The standard InChI is InChI=1S/C19H19NO/c1-2-19(21,14-15-8-4-3-5-9-15)17-11-6-12-18-16(17)10-7-13-20-18/h3-13,21H,2,14H2,1H3. The minimum absolute atomic E-state index is 0.609. The van der Waals surface area contributed by atoms with E-state index < -0.39 is 5.60 Å². The van der Waals surface area contributed by atoms with Gasteiger partial charge in [-0.25, -0.2) is 0 Å². The molecule has 1 N–H and O–H groups in total. The number of pyridine rings is 1. The first kappa shape index (κ1) is 13.8. The van der Waals surface area contributed by atoms with Crippen LogP contribution in [0.25, 0.3) is 10.9 Å². The van der Waals surface area contributed by atoms with Gasteiger partial charge in [0.2, 0.25) is 0 Å². The van der Waals surface area contributed by atoms with E-state index in [2.05, 4.69) is 17.1 Å². The Morgan fingerprint density at radius 3 is 2.52 bits per heavy atom. The molecule has 2 nitrogen and oxygen atoms in total. The van der Waals surface area contributed by atoms with Crippen molar-refractivity contribution in [1.82, 2.24) is 4.98 Å². The van der Waals surface area contributed by atoms with Crippen LogP contribution in [0.1, 0.15) is 24.5 Å². The Hall–Kier alpha value is -2.19. The van der Waals surface area contributed by atoms with Gasteiger partial charge < -0.3 is 5.11 Å². The highest BCUT2D eigenvalue weighted by molar-refractivity contribution is 5.82. The van der Waals surface area contributed by atoms with Gasteiger partial charge in [-0.15, -0.1) is 0 Å². The van der Waals surface area contributed by atoms with Crippen LogP contribution >= 0.6 is 0 Å². The molecule has 0 aliphatic carbocycles. The third-order valence-electron chi connectivity index (χ3n) is 4.07. The SMILES string of the molecule is CCC(O)(Cc1ccccc1)c1cccc2ncccc12. The van der Waals surface area contributed by atoms with Crippen LogP contribution in [0.3, 0.4) is 0 Å². The molecule has 3 aromatic rings. The van der Waals surface area contributed by atoms with E-state index in [-0.39, 0.29) is 0 Å². The van der Waals surface area contributed by atoms with Crippen LogP contribution in [0.2, 0.25) is 0 Å². The van der Waals surface area contributed by atoms with Crippen LogP contribution in [-0.2, 0) is 12.0 Å². The third-order valence-corrected chi connectivity index (χ3v) is 4.07. The highest BCUT2D eigenvalue weighted by Gasteiger charge is 2.29. The lowest BCUT2D eigenvalue weighted by atomic mass is 9.83. The zero-order valence-electron chi connectivity index (χ0n) is 12.2. The van der Waals surface area contributed by atoms with Gasteiger partial charge in [0, 0.05) is 18.0 Å². The normalized spacial score (nSPS) is 14.0. The van der Waals surface area contributed by atoms with E-state index in [0.717, 1.165) is 22.0 Å². The second-order valence-corrected chi connectivity index (χ2v) is 5.42. The van der Waals surface area contributed by atoms with Crippen molar-refractivity contribution < 1.29 is 5.11 Å². The number of benzene rings is 2. The number of hydrogen-bond donors (Lipinski definition) is 1. The van der Waals surface area contributed by atoms with E-state index in [1.165, 1.54) is 0 Å². The first-order valence-corrected chi connectivity index (χ1v) is 7.33. The predicted octanol–water partition coefficient (Wildman–Crippen LogP) is 4.08. The molecule has 1 atom stereocenters. The van der Waals surface area contributed by atoms with Crippen molar-refractivity contribution in [1.29, 1.82) is 0 Å². The lowest BCUT2D eigenvalue weighted by Crippen LogP contribution is -2.28. The Labute approximate surface area is 125 Å². The fourth-order valence-corrected chi connectivity index (χ4v) is 2.85. The second-order valence-electron chi connectivity index (χ2n) is 5.42. The lowest BCUT2D eigenvalue weighted by Gasteiger charge is -2.29. The van der Waals surface area contributed by atoms with Gasteiger partial charge in [0.1, 0.15) is 0 Å². The van der Waals surface area contributed by atoms with Crippen molar-refractivity contribution in [3.8, 4) is 0 Å². The van der Waals surface area contributed by atoms with E-state index in [1.807, 2.05) is 55.5 Å². The maximum atomic E-state index is 11.2. The molecule has 0 aliphatic rings. The summed E-state index contributed by atoms with van der Waals surface area (Å²) in [6.07, 6.45) is 3.06. The van der Waals surface area contributed by atoms with E-state index in [9.17, 15) is 5.11 Å². The van der Waals surface area contributed by atoms with Gasteiger partial charge >= 0.3 is 0 Å². The predicted molar refractivity (Wildman–Crippen MR) is 86.1 cm³/mol. The molecule has 0 fully saturated rings. The molecule has 3 rings (SSSR count). The Balaban J connectivity index is 2.09. The van der Waals surface area contributed by atoms with Crippen LogP contribution in [-0.4, -0.2) is 10.1 Å². The average Bonchev–Trinajstić information content (AvgIpc) is 2.55. The number of aromatic nitrogens is 1. The highest BCUT2D eigenvalue weighted by atomic mass is 16.3. The molecule has 0 radical (unpaired) electrons. The molecule has 2 aromatic carbocycles. The maximum Gasteiger partial charge on any atom is 0.0940 e. The van der Waals surface area contributed by atoms with E-state index >= 15 is 0 Å². The van der Waals surface area contributed by atoms with Gasteiger partial charge in [-0.1, -0.05) is 55.5 Å². The number of rotatable bonds is 4. The van der Waals surface area contributed by atoms with Gasteiger partial charge in [0.05, 0.1) is 11.1 Å². The topological polar surface area (TPSA) is 33.1 Å². The van der Waals surface area contributed by atoms with Gasteiger partial charge in [-0.2, -0.15) is 0 Å². The third kappa shape index (κ3) is 2.67. The summed E-state index contributed by atoms with van der Waals surface area (Å²) in [5, 5.41) is 12.2. The highest BCUT2D eigenvalue weighted by Crippen LogP contribution is 2.33. The van der Waals surface area contributed by atoms with Crippen LogP contribution in [0, 0.1) is 0 Å². The summed E-state index contributed by atoms with van der Waals surface area (Å²) in [7, 11) is 0. The van der Waals surface area contributed by atoms with Crippen molar-refractivity contribution in [2.45, 2.75) is 25.4 Å². The molecule has 1 unspecified atom stereocenters. The first-order chi connectivity index (χ1) is 10.2. The summed E-state index contributed by atoms with van der Waals surface area (Å²) in [5.41, 5.74) is 2.15. The number of hydrogen-bond acceptors (Lipinski definition) is 2. The number of aliphatic hydroxyl groups is 1. The first-order valence-electron chi connectivity index (χ1n) is 7.33. The fraction of sp³-hybridized carbons (Fsp3) is 0.211. The monoisotopic (exact) mass is 277 g/mol. The molecule has 2 heteroatoms. The van der Waals surface area contributed by atoms with Crippen molar-refractivity contribution in [3.05, 3.63) is 78.0 Å². The average molecular weight is 277 g/mol. The molecule has 0 spiro atoms. The molecular formula is C19H19NO. The second kappa shape index (κ2) is 5.66. The van der Waals surface area contributed by atoms with E-state index in [4.69, 9.17) is 0 Å². The molecule has 21 heavy (non-hydrogen) atoms. The van der Waals surface area contributed by atoms with Crippen LogP contribution in [0.4, 0.5) is 0 Å². The number of fused-ring (bicyclic) bond motifs is 1. The van der Waals surface area contributed by atoms with Gasteiger partial charge in [0.15, 0.2) is 0 Å². The maximum absolute atomic E-state index is 11.2. The molecule has 1 heterocycles. The zero-order valence-corrected chi connectivity index (χ0v) is 12.2. The Morgan fingerprint density at radius 2 is 1.76 bits per heavy atom. The molecule has 0 saturated heterocycles. The summed E-state index contributed by atoms with van der Waals surface area (Å²) >= 11 is 0. The Morgan fingerprint density at radius 1 is 0.952 bits per heavy atom. The summed E-state index contributed by atoms with van der Waals surface area (Å²) in [4.78, 5) is 4.39. The van der Waals surface area contributed by atoms with Crippen LogP contribution in [0.15, 0.2) is 66.9 Å². The van der Waals surface area contributed by atoms with Gasteiger partial charge in [0.25, 0.3) is 0 Å². The number of nitrogens with zero attached hydrogens (tertiary/aromatic N) is 1. The largest absolute Gasteiger partial charge is 0.385 e. The molecule has 0 aliphatic heterocycles. The summed E-state index contributed by atoms with van der Waals surface area (Å²) in [6.45, 7) is 2.03. The minimum atomic E-state index is -0.871. The smallest absolute Gasteiger partial charge is 0.0940 e. The molecule has 0 saturated carbocycles. The Bertz CT molecular complexity index is 733. The van der Waals surface area contributed by atoms with Crippen molar-refractivity contribution in [3.63, 3.8) is 0 Å². The van der Waals surface area contributed by atoms with Crippen molar-refractivity contribution in [2.24, 2.45) is 0 Å². The summed E-state index contributed by atoms with van der Waals surface area (Å²) in [5.74, 6) is 0. The van der Waals surface area contributed by atoms with Crippen molar-refractivity contribution >= 4 is 10.9 Å². The minimum Gasteiger partial charge on any atom is -0.385 e. The molecule has 0 bridgehead atoms. The lowest BCUT2D eigenvalue weighted by molar-refractivity contribution is 0.0342. The molecular weight excluding hydrogens is 258 g/mol. The van der Waals surface area contributed by atoms with Crippen LogP contribution in [0.5, 0.6) is 0 Å². The van der Waals surface area contributed by atoms with Crippen molar-refractivity contribution in [2.75, 3.05) is 0 Å². The van der Waals surface area contributed by atoms with Gasteiger partial charge in [-0.05, 0) is 29.7 Å². The van der Waals surface area contributed by atoms with Gasteiger partial charge in [-0.3, -0.25) is 4.98 Å². The molecule has 1 aromatic heterocycles. The summed E-state index contributed by atoms with van der Waals surface area (Å²) in [6, 6.07) is 20.0. The quantitative estimate of drug-likeness (QED) is 0.779. The van der Waals surface area contributed by atoms with Crippen LogP contribution < -0.4 is 0 Å². The van der Waals surface area contributed by atoms with E-state index in [1.54, 1.807) is 6.20 Å². The zero-order chi connectivity index (χ0) is 14.7. The fourth-order valence-electron chi connectivity index (χ4n) is 2.85. The molecule has 0 amide bonds. The molecule has 106 valence electrons.